The van der Waals surface area contributed by atoms with Crippen molar-refractivity contribution in [3.05, 3.63) is 51.6 Å². The first-order chi connectivity index (χ1) is 10.8. The van der Waals surface area contributed by atoms with E-state index in [2.05, 4.69) is 5.32 Å². The molecule has 0 aliphatic rings. The van der Waals surface area contributed by atoms with Crippen molar-refractivity contribution in [2.45, 2.75) is 4.21 Å². The number of rotatable bonds is 7. The standard InChI is InChI=1S/C13H14FN3O4S2/c1-16(23(20,21)12-6-3-9-22-12)8-7-15-11-5-2-4-10(14)13(11)17(18)19/h2-6,9,15H,7-8H2,1H3. The molecule has 0 saturated carbocycles. The van der Waals surface area contributed by atoms with Crippen LogP contribution in [0.2, 0.25) is 0 Å². The van der Waals surface area contributed by atoms with Crippen molar-refractivity contribution in [1.82, 2.24) is 4.31 Å². The Morgan fingerprint density at radius 3 is 2.70 bits per heavy atom. The summed E-state index contributed by atoms with van der Waals surface area (Å²) in [5.41, 5.74) is -0.645. The van der Waals surface area contributed by atoms with E-state index in [1.165, 1.54) is 25.2 Å². The van der Waals surface area contributed by atoms with E-state index in [4.69, 9.17) is 0 Å². The van der Waals surface area contributed by atoms with Crippen molar-refractivity contribution >= 4 is 32.7 Å². The molecule has 0 bridgehead atoms. The quantitative estimate of drug-likeness (QED) is 0.606. The molecule has 1 heterocycles. The van der Waals surface area contributed by atoms with Gasteiger partial charge in [-0.25, -0.2) is 8.42 Å². The van der Waals surface area contributed by atoms with Crippen molar-refractivity contribution in [3.63, 3.8) is 0 Å². The van der Waals surface area contributed by atoms with Gasteiger partial charge in [-0.1, -0.05) is 12.1 Å². The maximum Gasteiger partial charge on any atom is 0.327 e. The fourth-order valence-electron chi connectivity index (χ4n) is 1.88. The molecule has 0 saturated heterocycles. The first-order valence-corrected chi connectivity index (χ1v) is 8.82. The Morgan fingerprint density at radius 1 is 1.35 bits per heavy atom. The maximum absolute atomic E-state index is 13.5. The number of sulfonamides is 1. The first-order valence-electron chi connectivity index (χ1n) is 6.50. The van der Waals surface area contributed by atoms with Gasteiger partial charge in [0.15, 0.2) is 0 Å². The Morgan fingerprint density at radius 2 is 2.09 bits per heavy atom. The van der Waals surface area contributed by atoms with E-state index in [1.54, 1.807) is 11.4 Å². The number of benzene rings is 1. The lowest BCUT2D eigenvalue weighted by molar-refractivity contribution is -0.386. The van der Waals surface area contributed by atoms with Gasteiger partial charge in [0.1, 0.15) is 9.90 Å². The van der Waals surface area contributed by atoms with Gasteiger partial charge in [-0.05, 0) is 23.6 Å². The summed E-state index contributed by atoms with van der Waals surface area (Å²) in [6, 6.07) is 6.85. The third kappa shape index (κ3) is 3.84. The number of thiophene rings is 1. The average molecular weight is 359 g/mol. The maximum atomic E-state index is 13.5. The van der Waals surface area contributed by atoms with Gasteiger partial charge in [0.25, 0.3) is 10.0 Å². The van der Waals surface area contributed by atoms with Gasteiger partial charge in [-0.2, -0.15) is 8.70 Å². The summed E-state index contributed by atoms with van der Waals surface area (Å²) >= 11 is 1.11. The van der Waals surface area contributed by atoms with Gasteiger partial charge in [-0.15, -0.1) is 11.3 Å². The molecule has 124 valence electrons. The molecular weight excluding hydrogens is 345 g/mol. The Hall–Kier alpha value is -2.04. The molecule has 0 unspecified atom stereocenters. The van der Waals surface area contributed by atoms with Crippen LogP contribution < -0.4 is 5.32 Å². The molecule has 0 spiro atoms. The highest BCUT2D eigenvalue weighted by atomic mass is 32.2. The molecular formula is C13H14FN3O4S2. The van der Waals surface area contributed by atoms with Crippen LogP contribution in [-0.4, -0.2) is 37.8 Å². The van der Waals surface area contributed by atoms with Crippen molar-refractivity contribution in [2.75, 3.05) is 25.5 Å². The highest BCUT2D eigenvalue weighted by Gasteiger charge is 2.22. The van der Waals surface area contributed by atoms with Gasteiger partial charge in [0, 0.05) is 20.1 Å². The molecule has 2 rings (SSSR count). The minimum absolute atomic E-state index is 0.0110. The zero-order valence-corrected chi connectivity index (χ0v) is 13.7. The number of nitro benzene ring substituents is 1. The Bertz CT molecular complexity index is 794. The Labute approximate surface area is 136 Å². The van der Waals surface area contributed by atoms with Gasteiger partial charge >= 0.3 is 5.69 Å². The van der Waals surface area contributed by atoms with Crippen LogP contribution in [0.15, 0.2) is 39.9 Å². The molecule has 0 aliphatic heterocycles. The van der Waals surface area contributed by atoms with Crippen LogP contribution in [0.25, 0.3) is 0 Å². The molecule has 7 nitrogen and oxygen atoms in total. The second kappa shape index (κ2) is 7.02. The fraction of sp³-hybridized carbons (Fsp3) is 0.231. The van der Waals surface area contributed by atoms with Crippen molar-refractivity contribution < 1.29 is 17.7 Å². The fourth-order valence-corrected chi connectivity index (χ4v) is 4.25. The first kappa shape index (κ1) is 17.3. The van der Waals surface area contributed by atoms with E-state index in [0.717, 1.165) is 21.7 Å². The van der Waals surface area contributed by atoms with Crippen LogP contribution in [0.4, 0.5) is 15.8 Å². The number of anilines is 1. The minimum atomic E-state index is -3.58. The normalized spacial score (nSPS) is 11.6. The van der Waals surface area contributed by atoms with Crippen LogP contribution in [0, 0.1) is 15.9 Å². The smallest absolute Gasteiger partial charge is 0.327 e. The summed E-state index contributed by atoms with van der Waals surface area (Å²) in [5.74, 6) is -0.945. The van der Waals surface area contributed by atoms with Crippen LogP contribution in [0.3, 0.4) is 0 Å². The number of hydrogen-bond donors (Lipinski definition) is 1. The van der Waals surface area contributed by atoms with Gasteiger partial charge in [0.2, 0.25) is 5.82 Å². The Kier molecular flexibility index (Phi) is 5.29. The highest BCUT2D eigenvalue weighted by molar-refractivity contribution is 7.91. The zero-order chi connectivity index (χ0) is 17.0. The molecule has 23 heavy (non-hydrogen) atoms. The number of likely N-dealkylation sites (N-methyl/N-ethyl adjacent to an activating group) is 1. The van der Waals surface area contributed by atoms with Crippen LogP contribution >= 0.6 is 11.3 Å². The van der Waals surface area contributed by atoms with E-state index in [1.807, 2.05) is 0 Å². The minimum Gasteiger partial charge on any atom is -0.378 e. The third-order valence-electron chi connectivity index (χ3n) is 3.07. The van der Waals surface area contributed by atoms with Gasteiger partial charge < -0.3 is 5.32 Å². The lowest BCUT2D eigenvalue weighted by Crippen LogP contribution is -2.31. The van der Waals surface area contributed by atoms with E-state index in [0.29, 0.717) is 0 Å². The molecule has 0 amide bonds. The summed E-state index contributed by atoms with van der Waals surface area (Å²) in [6.07, 6.45) is 0. The van der Waals surface area contributed by atoms with E-state index in [9.17, 15) is 22.9 Å². The molecule has 10 heteroatoms. The second-order valence-corrected chi connectivity index (χ2v) is 7.80. The van der Waals surface area contributed by atoms with Crippen molar-refractivity contribution in [3.8, 4) is 0 Å². The number of halogens is 1. The summed E-state index contributed by atoms with van der Waals surface area (Å²) < 4.78 is 39.2. The molecule has 1 aromatic heterocycles. The van der Waals surface area contributed by atoms with E-state index in [-0.39, 0.29) is 23.0 Å². The van der Waals surface area contributed by atoms with Gasteiger partial charge in [-0.3, -0.25) is 10.1 Å². The van der Waals surface area contributed by atoms with E-state index < -0.39 is 26.5 Å². The number of para-hydroxylation sites is 1. The Balaban J connectivity index is 2.03. The second-order valence-electron chi connectivity index (χ2n) is 4.58. The summed E-state index contributed by atoms with van der Waals surface area (Å²) in [5, 5.41) is 15.2. The molecule has 1 aromatic carbocycles. The summed E-state index contributed by atoms with van der Waals surface area (Å²) in [7, 11) is -2.17. The molecule has 1 N–H and O–H groups in total. The molecule has 0 fully saturated rings. The van der Waals surface area contributed by atoms with Crippen molar-refractivity contribution in [1.29, 1.82) is 0 Å². The monoisotopic (exact) mass is 359 g/mol. The zero-order valence-electron chi connectivity index (χ0n) is 12.1. The molecule has 0 atom stereocenters. The highest BCUT2D eigenvalue weighted by Crippen LogP contribution is 2.27. The summed E-state index contributed by atoms with van der Waals surface area (Å²) in [4.78, 5) is 10.1. The van der Waals surface area contributed by atoms with E-state index >= 15 is 0 Å². The van der Waals surface area contributed by atoms with Crippen LogP contribution in [0.1, 0.15) is 0 Å². The number of hydrogen-bond acceptors (Lipinski definition) is 6. The molecule has 2 aromatic rings. The summed E-state index contributed by atoms with van der Waals surface area (Å²) in [6.45, 7) is 0.180. The number of nitro groups is 1. The topological polar surface area (TPSA) is 92.5 Å². The predicted octanol–water partition coefficient (Wildman–Crippen LogP) is 2.53. The average Bonchev–Trinajstić information content (AvgIpc) is 3.01. The SMILES string of the molecule is CN(CCNc1cccc(F)c1[N+](=O)[O-])S(=O)(=O)c1cccs1. The third-order valence-corrected chi connectivity index (χ3v) is 6.30. The largest absolute Gasteiger partial charge is 0.378 e. The number of nitrogens with one attached hydrogen (secondary N) is 1. The van der Waals surface area contributed by atoms with Gasteiger partial charge in [0.05, 0.1) is 4.92 Å². The van der Waals surface area contributed by atoms with Crippen LogP contribution in [0.5, 0.6) is 0 Å². The molecule has 0 aliphatic carbocycles. The predicted molar refractivity (Wildman–Crippen MR) is 85.7 cm³/mol. The molecule has 0 radical (unpaired) electrons. The lowest BCUT2D eigenvalue weighted by atomic mass is 10.2. The lowest BCUT2D eigenvalue weighted by Gasteiger charge is -2.16. The number of nitrogens with zero attached hydrogens (tertiary/aromatic N) is 2. The van der Waals surface area contributed by atoms with Crippen LogP contribution in [-0.2, 0) is 10.0 Å². The van der Waals surface area contributed by atoms with Crippen molar-refractivity contribution in [2.24, 2.45) is 0 Å².